The third-order valence-electron chi connectivity index (χ3n) is 5.59. The molecule has 2 heterocycles. The standard InChI is InChI=1S/C19H25N3O/c1-21-11-5-8-17(21)14-18(23)22-12-9-19(15-20,10-13-22)16-6-3-2-4-7-16/h2-4,6-7,17H,5,8-14H2,1H3/t17-/m0/s1. The summed E-state index contributed by atoms with van der Waals surface area (Å²) in [6.45, 7) is 2.49. The maximum absolute atomic E-state index is 12.6. The van der Waals surface area contributed by atoms with Crippen LogP contribution in [0.25, 0.3) is 0 Å². The summed E-state index contributed by atoms with van der Waals surface area (Å²) in [5.74, 6) is 0.253. The number of carbonyl (C=O) groups excluding carboxylic acids is 1. The Kier molecular flexibility index (Phi) is 4.68. The van der Waals surface area contributed by atoms with Crippen molar-refractivity contribution in [1.82, 2.24) is 9.80 Å². The summed E-state index contributed by atoms with van der Waals surface area (Å²) in [7, 11) is 2.11. The van der Waals surface area contributed by atoms with Crippen molar-refractivity contribution in [3.8, 4) is 6.07 Å². The van der Waals surface area contributed by atoms with Crippen LogP contribution >= 0.6 is 0 Å². The number of carbonyl (C=O) groups is 1. The van der Waals surface area contributed by atoms with Gasteiger partial charge in [0.05, 0.1) is 11.5 Å². The van der Waals surface area contributed by atoms with Gasteiger partial charge in [-0.15, -0.1) is 0 Å². The largest absolute Gasteiger partial charge is 0.343 e. The summed E-state index contributed by atoms with van der Waals surface area (Å²) in [6, 6.07) is 13.0. The molecule has 0 unspecified atom stereocenters. The van der Waals surface area contributed by atoms with Gasteiger partial charge in [-0.1, -0.05) is 30.3 Å². The summed E-state index contributed by atoms with van der Waals surface area (Å²) in [4.78, 5) is 16.8. The fourth-order valence-corrected chi connectivity index (χ4v) is 3.93. The van der Waals surface area contributed by atoms with Crippen molar-refractivity contribution in [1.29, 1.82) is 5.26 Å². The minimum atomic E-state index is -0.428. The van der Waals surface area contributed by atoms with Gasteiger partial charge in [0, 0.05) is 25.6 Å². The second kappa shape index (κ2) is 6.72. The van der Waals surface area contributed by atoms with Gasteiger partial charge >= 0.3 is 0 Å². The lowest BCUT2D eigenvalue weighted by atomic mass is 9.74. The van der Waals surface area contributed by atoms with Crippen LogP contribution in [0.4, 0.5) is 0 Å². The van der Waals surface area contributed by atoms with Crippen LogP contribution in [0.3, 0.4) is 0 Å². The molecule has 2 aliphatic heterocycles. The fraction of sp³-hybridized carbons (Fsp3) is 0.579. The summed E-state index contributed by atoms with van der Waals surface area (Å²) >= 11 is 0. The van der Waals surface area contributed by atoms with E-state index >= 15 is 0 Å². The predicted molar refractivity (Wildman–Crippen MR) is 89.8 cm³/mol. The van der Waals surface area contributed by atoms with Crippen molar-refractivity contribution in [2.45, 2.75) is 43.6 Å². The summed E-state index contributed by atoms with van der Waals surface area (Å²) in [5.41, 5.74) is 0.660. The molecule has 3 rings (SSSR count). The highest BCUT2D eigenvalue weighted by molar-refractivity contribution is 5.77. The highest BCUT2D eigenvalue weighted by Gasteiger charge is 2.38. The minimum Gasteiger partial charge on any atom is -0.343 e. The second-order valence-electron chi connectivity index (χ2n) is 6.92. The van der Waals surface area contributed by atoms with Crippen molar-refractivity contribution in [2.75, 3.05) is 26.7 Å². The predicted octanol–water partition coefficient (Wildman–Crippen LogP) is 2.55. The van der Waals surface area contributed by atoms with E-state index in [4.69, 9.17) is 0 Å². The molecule has 0 aliphatic carbocycles. The Morgan fingerprint density at radius 3 is 2.52 bits per heavy atom. The number of amides is 1. The summed E-state index contributed by atoms with van der Waals surface area (Å²) < 4.78 is 0. The van der Waals surface area contributed by atoms with E-state index in [2.05, 4.69) is 18.0 Å². The van der Waals surface area contributed by atoms with Gasteiger partial charge < -0.3 is 9.80 Å². The zero-order valence-electron chi connectivity index (χ0n) is 13.9. The first-order chi connectivity index (χ1) is 11.1. The monoisotopic (exact) mass is 311 g/mol. The Morgan fingerprint density at radius 2 is 1.96 bits per heavy atom. The number of likely N-dealkylation sites (tertiary alicyclic amines) is 2. The fourth-order valence-electron chi connectivity index (χ4n) is 3.93. The molecule has 2 saturated heterocycles. The van der Waals surface area contributed by atoms with Crippen molar-refractivity contribution < 1.29 is 4.79 Å². The molecule has 2 aliphatic rings. The highest BCUT2D eigenvalue weighted by atomic mass is 16.2. The van der Waals surface area contributed by atoms with E-state index in [9.17, 15) is 10.1 Å². The molecule has 4 heteroatoms. The average Bonchev–Trinajstić information content (AvgIpc) is 3.00. The second-order valence-corrected chi connectivity index (χ2v) is 6.92. The van der Waals surface area contributed by atoms with Gasteiger partial charge in [-0.3, -0.25) is 4.79 Å². The van der Waals surface area contributed by atoms with Crippen molar-refractivity contribution >= 4 is 5.91 Å². The smallest absolute Gasteiger partial charge is 0.224 e. The Balaban J connectivity index is 1.61. The summed E-state index contributed by atoms with van der Waals surface area (Å²) in [5, 5.41) is 9.72. The van der Waals surface area contributed by atoms with Gasteiger partial charge in [-0.2, -0.15) is 5.26 Å². The van der Waals surface area contributed by atoms with Crippen LogP contribution in [0.2, 0.25) is 0 Å². The first kappa shape index (κ1) is 16.0. The first-order valence-electron chi connectivity index (χ1n) is 8.59. The molecule has 1 atom stereocenters. The van der Waals surface area contributed by atoms with Gasteiger partial charge in [-0.05, 0) is 44.8 Å². The van der Waals surface area contributed by atoms with E-state index < -0.39 is 5.41 Å². The number of nitriles is 1. The van der Waals surface area contributed by atoms with E-state index in [0.717, 1.165) is 31.4 Å². The number of hydrogen-bond donors (Lipinski definition) is 0. The third kappa shape index (κ3) is 3.25. The zero-order valence-corrected chi connectivity index (χ0v) is 13.9. The Labute approximate surface area is 138 Å². The molecule has 0 aromatic heterocycles. The van der Waals surface area contributed by atoms with Gasteiger partial charge in [-0.25, -0.2) is 0 Å². The molecule has 1 aromatic carbocycles. The SMILES string of the molecule is CN1CCC[C@H]1CC(=O)N1CCC(C#N)(c2ccccc2)CC1. The molecule has 0 spiro atoms. The van der Waals surface area contributed by atoms with Crippen LogP contribution in [-0.4, -0.2) is 48.4 Å². The number of rotatable bonds is 3. The molecule has 1 amide bonds. The molecule has 4 nitrogen and oxygen atoms in total. The highest BCUT2D eigenvalue weighted by Crippen LogP contribution is 2.35. The van der Waals surface area contributed by atoms with Crippen LogP contribution in [0.1, 0.15) is 37.7 Å². The van der Waals surface area contributed by atoms with Gasteiger partial charge in [0.2, 0.25) is 5.91 Å². The zero-order chi connectivity index (χ0) is 16.3. The number of hydrogen-bond acceptors (Lipinski definition) is 3. The number of piperidine rings is 1. The topological polar surface area (TPSA) is 47.3 Å². The molecule has 122 valence electrons. The third-order valence-corrected chi connectivity index (χ3v) is 5.59. The minimum absolute atomic E-state index is 0.253. The molecule has 1 aromatic rings. The maximum atomic E-state index is 12.6. The van der Waals surface area contributed by atoms with Crippen molar-refractivity contribution in [2.24, 2.45) is 0 Å². The molecule has 23 heavy (non-hydrogen) atoms. The molecule has 0 bridgehead atoms. The van der Waals surface area contributed by atoms with E-state index in [1.807, 2.05) is 35.2 Å². The van der Waals surface area contributed by atoms with E-state index in [-0.39, 0.29) is 5.91 Å². The van der Waals surface area contributed by atoms with E-state index in [1.54, 1.807) is 0 Å². The molecule has 0 radical (unpaired) electrons. The van der Waals surface area contributed by atoms with Crippen LogP contribution < -0.4 is 0 Å². The van der Waals surface area contributed by atoms with Crippen LogP contribution in [0.15, 0.2) is 30.3 Å². The molecular formula is C19H25N3O. The number of benzene rings is 1. The molecular weight excluding hydrogens is 286 g/mol. The molecule has 0 saturated carbocycles. The van der Waals surface area contributed by atoms with Gasteiger partial charge in [0.1, 0.15) is 0 Å². The maximum Gasteiger partial charge on any atom is 0.224 e. The quantitative estimate of drug-likeness (QED) is 0.862. The van der Waals surface area contributed by atoms with E-state index in [1.165, 1.54) is 6.42 Å². The number of nitrogens with zero attached hydrogens (tertiary/aromatic N) is 3. The summed E-state index contributed by atoms with van der Waals surface area (Å²) in [6.07, 6.45) is 4.42. The Hall–Kier alpha value is -1.86. The van der Waals surface area contributed by atoms with Crippen LogP contribution in [-0.2, 0) is 10.2 Å². The van der Waals surface area contributed by atoms with Gasteiger partial charge in [0.25, 0.3) is 0 Å². The lowest BCUT2D eigenvalue weighted by Gasteiger charge is -2.38. The Morgan fingerprint density at radius 1 is 1.26 bits per heavy atom. The lowest BCUT2D eigenvalue weighted by molar-refractivity contribution is -0.133. The lowest BCUT2D eigenvalue weighted by Crippen LogP contribution is -2.46. The van der Waals surface area contributed by atoms with Crippen LogP contribution in [0, 0.1) is 11.3 Å². The van der Waals surface area contributed by atoms with Crippen LogP contribution in [0.5, 0.6) is 0 Å². The first-order valence-corrected chi connectivity index (χ1v) is 8.59. The normalized spacial score (nSPS) is 24.3. The van der Waals surface area contributed by atoms with Crippen molar-refractivity contribution in [3.63, 3.8) is 0 Å². The molecule has 2 fully saturated rings. The Bertz CT molecular complexity index is 584. The average molecular weight is 311 g/mol. The molecule has 0 N–H and O–H groups in total. The van der Waals surface area contributed by atoms with E-state index in [0.29, 0.717) is 25.6 Å². The van der Waals surface area contributed by atoms with Gasteiger partial charge in [0.15, 0.2) is 0 Å². The van der Waals surface area contributed by atoms with Crippen molar-refractivity contribution in [3.05, 3.63) is 35.9 Å².